The molecule has 0 saturated carbocycles. The third-order valence-corrected chi connectivity index (χ3v) is 7.39. The van der Waals surface area contributed by atoms with Crippen molar-refractivity contribution in [3.63, 3.8) is 0 Å². The number of rotatable bonds is 3. The molecule has 2 saturated heterocycles. The molecule has 5 rings (SSSR count). The first-order chi connectivity index (χ1) is 16.3. The summed E-state index contributed by atoms with van der Waals surface area (Å²) in [5, 5.41) is 11.1. The van der Waals surface area contributed by atoms with Crippen molar-refractivity contribution in [3.8, 4) is 0 Å². The van der Waals surface area contributed by atoms with E-state index in [4.69, 9.17) is 4.74 Å². The average Bonchev–Trinajstić information content (AvgIpc) is 3.16. The van der Waals surface area contributed by atoms with Crippen LogP contribution in [0.5, 0.6) is 0 Å². The highest BCUT2D eigenvalue weighted by atomic mass is 16.5. The molecule has 0 spiro atoms. The number of H-pyrrole nitrogens is 1. The van der Waals surface area contributed by atoms with Crippen molar-refractivity contribution >= 4 is 28.5 Å². The van der Waals surface area contributed by atoms with Crippen LogP contribution in [0, 0.1) is 5.92 Å². The number of carboxylic acids is 1. The van der Waals surface area contributed by atoms with Gasteiger partial charge in [0.2, 0.25) is 0 Å². The van der Waals surface area contributed by atoms with Crippen LogP contribution in [-0.4, -0.2) is 89.3 Å². The molecule has 2 fully saturated rings. The van der Waals surface area contributed by atoms with Gasteiger partial charge >= 0.3 is 12.0 Å². The number of para-hydroxylation sites is 1. The first kappa shape index (κ1) is 22.9. The summed E-state index contributed by atoms with van der Waals surface area (Å²) in [7, 11) is 0. The van der Waals surface area contributed by atoms with Gasteiger partial charge in [-0.3, -0.25) is 9.80 Å². The van der Waals surface area contributed by atoms with Gasteiger partial charge in [-0.2, -0.15) is 0 Å². The third-order valence-electron chi connectivity index (χ3n) is 7.39. The van der Waals surface area contributed by atoms with E-state index in [9.17, 15) is 14.7 Å². The van der Waals surface area contributed by atoms with Crippen LogP contribution < -0.4 is 0 Å². The van der Waals surface area contributed by atoms with E-state index in [1.54, 1.807) is 11.1 Å². The van der Waals surface area contributed by atoms with Crippen molar-refractivity contribution in [1.29, 1.82) is 0 Å². The summed E-state index contributed by atoms with van der Waals surface area (Å²) < 4.78 is 5.47. The number of likely N-dealkylation sites (tertiary alicyclic amines) is 1. The topological polar surface area (TPSA) is 89.1 Å². The summed E-state index contributed by atoms with van der Waals surface area (Å²) in [4.78, 5) is 35.3. The molecular weight excluding hydrogens is 432 g/mol. The second kappa shape index (κ2) is 9.07. The number of carbonyl (C=O) groups is 2. The molecule has 1 aromatic heterocycles. The number of ether oxygens (including phenoxy) is 1. The molecule has 8 nitrogen and oxygen atoms in total. The largest absolute Gasteiger partial charge is 0.478 e. The molecule has 0 radical (unpaired) electrons. The summed E-state index contributed by atoms with van der Waals surface area (Å²) in [6.45, 7) is 10.4. The lowest BCUT2D eigenvalue weighted by Crippen LogP contribution is -2.50. The number of nitrogens with one attached hydrogen (secondary N) is 1. The third kappa shape index (κ3) is 4.32. The van der Waals surface area contributed by atoms with E-state index in [-0.39, 0.29) is 11.6 Å². The molecule has 1 atom stereocenters. The number of carboxylic acid groups (broad SMARTS) is 1. The number of amides is 2. The molecular formula is C26H34N4O4. The number of aromatic amines is 1. The van der Waals surface area contributed by atoms with Gasteiger partial charge in [-0.15, -0.1) is 0 Å². The Balaban J connectivity index is 1.41. The van der Waals surface area contributed by atoms with Gasteiger partial charge in [0.1, 0.15) is 0 Å². The molecule has 182 valence electrons. The molecule has 1 unspecified atom stereocenters. The van der Waals surface area contributed by atoms with Gasteiger partial charge in [-0.25, -0.2) is 9.59 Å². The fourth-order valence-corrected chi connectivity index (χ4v) is 5.82. The average molecular weight is 467 g/mol. The van der Waals surface area contributed by atoms with Crippen LogP contribution in [0.4, 0.5) is 4.79 Å². The summed E-state index contributed by atoms with van der Waals surface area (Å²) in [6, 6.07) is 7.78. The minimum Gasteiger partial charge on any atom is -0.478 e. The minimum absolute atomic E-state index is 0.104. The molecule has 3 aliphatic heterocycles. The van der Waals surface area contributed by atoms with Crippen LogP contribution >= 0.6 is 0 Å². The Morgan fingerprint density at radius 2 is 1.94 bits per heavy atom. The molecule has 3 aliphatic rings. The van der Waals surface area contributed by atoms with E-state index in [0.29, 0.717) is 31.2 Å². The number of fused-ring (bicyclic) bond motifs is 3. The van der Waals surface area contributed by atoms with Crippen LogP contribution in [0.25, 0.3) is 16.5 Å². The zero-order valence-corrected chi connectivity index (χ0v) is 20.0. The summed E-state index contributed by atoms with van der Waals surface area (Å²) in [5.74, 6) is -0.609. The monoisotopic (exact) mass is 466 g/mol. The smallest absolute Gasteiger partial charge is 0.339 e. The number of carbonyl (C=O) groups excluding carboxylic acids is 1. The van der Waals surface area contributed by atoms with Gasteiger partial charge in [-0.05, 0) is 30.4 Å². The van der Waals surface area contributed by atoms with Crippen molar-refractivity contribution in [2.24, 2.45) is 5.92 Å². The first-order valence-corrected chi connectivity index (χ1v) is 12.3. The van der Waals surface area contributed by atoms with Crippen LogP contribution in [0.15, 0.2) is 30.5 Å². The summed E-state index contributed by atoms with van der Waals surface area (Å²) >= 11 is 0. The Labute approximate surface area is 200 Å². The van der Waals surface area contributed by atoms with E-state index in [1.165, 1.54) is 0 Å². The maximum absolute atomic E-state index is 13.7. The second-order valence-electron chi connectivity index (χ2n) is 10.4. The maximum Gasteiger partial charge on any atom is 0.339 e. The number of morpholine rings is 1. The van der Waals surface area contributed by atoms with Crippen molar-refractivity contribution in [2.45, 2.75) is 32.1 Å². The minimum atomic E-state index is -1.04. The number of aromatic nitrogens is 1. The molecule has 8 heteroatoms. The number of aliphatic carboxylic acids is 1. The zero-order valence-electron chi connectivity index (χ0n) is 20.0. The number of benzene rings is 1. The lowest BCUT2D eigenvalue weighted by atomic mass is 9.82. The summed E-state index contributed by atoms with van der Waals surface area (Å²) in [6.07, 6.45) is 3.62. The number of nitrogens with zero attached hydrogens (tertiary/aromatic N) is 3. The highest BCUT2D eigenvalue weighted by molar-refractivity contribution is 6.17. The number of urea groups is 1. The van der Waals surface area contributed by atoms with Crippen LogP contribution in [0.1, 0.15) is 37.9 Å². The zero-order chi connectivity index (χ0) is 23.9. The highest BCUT2D eigenvalue weighted by Crippen LogP contribution is 2.40. The first-order valence-electron chi connectivity index (χ1n) is 12.3. The fourth-order valence-electron chi connectivity index (χ4n) is 5.82. The lowest BCUT2D eigenvalue weighted by molar-refractivity contribution is -0.130. The second-order valence-corrected chi connectivity index (χ2v) is 10.4. The van der Waals surface area contributed by atoms with E-state index >= 15 is 0 Å². The fraction of sp³-hybridized carbons (Fsp3) is 0.538. The maximum atomic E-state index is 13.7. The predicted octanol–water partition coefficient (Wildman–Crippen LogP) is 3.35. The van der Waals surface area contributed by atoms with Crippen molar-refractivity contribution in [2.75, 3.05) is 52.5 Å². The molecule has 0 bridgehead atoms. The van der Waals surface area contributed by atoms with Crippen molar-refractivity contribution in [1.82, 2.24) is 19.7 Å². The number of hydrogen-bond acceptors (Lipinski definition) is 4. The normalized spacial score (nSPS) is 23.4. The lowest BCUT2D eigenvalue weighted by Gasteiger charge is -2.39. The number of piperidine rings is 1. The van der Waals surface area contributed by atoms with E-state index in [1.807, 2.05) is 29.2 Å². The Bertz CT molecular complexity index is 1120. The Morgan fingerprint density at radius 3 is 2.71 bits per heavy atom. The van der Waals surface area contributed by atoms with Gasteiger partial charge in [0.25, 0.3) is 0 Å². The quantitative estimate of drug-likeness (QED) is 0.724. The molecule has 34 heavy (non-hydrogen) atoms. The van der Waals surface area contributed by atoms with Crippen LogP contribution in [-0.2, 0) is 14.9 Å². The molecule has 2 aromatic rings. The van der Waals surface area contributed by atoms with Crippen molar-refractivity contribution in [3.05, 3.63) is 41.7 Å². The predicted molar refractivity (Wildman–Crippen MR) is 131 cm³/mol. The Morgan fingerprint density at radius 1 is 1.18 bits per heavy atom. The van der Waals surface area contributed by atoms with Crippen molar-refractivity contribution < 1.29 is 19.4 Å². The number of hydrogen-bond donors (Lipinski definition) is 2. The Hall–Kier alpha value is -2.84. The van der Waals surface area contributed by atoms with Crippen LogP contribution in [0.3, 0.4) is 0 Å². The molecule has 1 aromatic carbocycles. The van der Waals surface area contributed by atoms with Gasteiger partial charge in [-0.1, -0.05) is 32.0 Å². The molecule has 2 N–H and O–H groups in total. The van der Waals surface area contributed by atoms with Gasteiger partial charge in [0, 0.05) is 61.8 Å². The van der Waals surface area contributed by atoms with E-state index in [2.05, 4.69) is 23.7 Å². The van der Waals surface area contributed by atoms with Gasteiger partial charge in [0.15, 0.2) is 0 Å². The molecule has 0 aliphatic carbocycles. The standard InChI is InChI=1S/C26H34N4O4/c1-26(2)17-30(16-20(24(31)32)23-22(26)19-7-3-4-8-21(19)27-23)25(33)29-9-5-6-18(15-29)14-28-10-12-34-13-11-28/h3-4,7-8,16,18,27H,5-6,9-15,17H2,1-2H3,(H,31,32). The van der Waals surface area contributed by atoms with Gasteiger partial charge in [0.05, 0.1) is 24.5 Å². The molecule has 2 amide bonds. The van der Waals surface area contributed by atoms with E-state index < -0.39 is 11.4 Å². The SMILES string of the molecule is CC1(C)CN(C(=O)N2CCCC(CN3CCOCC3)C2)C=C(C(=O)O)c2[nH]c3ccccc3c21. The Kier molecular flexibility index (Phi) is 6.12. The summed E-state index contributed by atoms with van der Waals surface area (Å²) in [5.41, 5.74) is 2.16. The van der Waals surface area contributed by atoms with Crippen LogP contribution in [0.2, 0.25) is 0 Å². The van der Waals surface area contributed by atoms with E-state index in [0.717, 1.165) is 62.2 Å². The van der Waals surface area contributed by atoms with Gasteiger partial charge < -0.3 is 19.7 Å². The highest BCUT2D eigenvalue weighted by Gasteiger charge is 2.38. The molecule has 4 heterocycles.